The molecule has 0 unspecified atom stereocenters. The Hall–Kier alpha value is -1.14. The van der Waals surface area contributed by atoms with E-state index in [9.17, 15) is 4.79 Å². The largest absolute Gasteiger partial charge is 0.490 e. The second-order valence-corrected chi connectivity index (χ2v) is 5.31. The van der Waals surface area contributed by atoms with Gasteiger partial charge in [-0.15, -0.1) is 0 Å². The predicted octanol–water partition coefficient (Wildman–Crippen LogP) is 0.463. The fraction of sp³-hybridized carbons (Fsp3) is 0.533. The standard InChI is InChI=1S/C15H20ClNO4/c16-14-1-2-15(13(11-14)12-18)21-10-9-20-8-5-17-3-6-19-7-4-17/h1-2,11-12H,3-10H2/p+1. The number of carbonyl (C=O) groups excluding carboxylic acids is 1. The molecule has 1 aromatic carbocycles. The van der Waals surface area contributed by atoms with E-state index < -0.39 is 0 Å². The number of carbonyl (C=O) groups is 1. The van der Waals surface area contributed by atoms with E-state index >= 15 is 0 Å². The predicted molar refractivity (Wildman–Crippen MR) is 79.5 cm³/mol. The van der Waals surface area contributed by atoms with Crippen LogP contribution >= 0.6 is 11.6 Å². The van der Waals surface area contributed by atoms with Gasteiger partial charge in [-0.25, -0.2) is 0 Å². The molecule has 2 rings (SSSR count). The lowest BCUT2D eigenvalue weighted by Gasteiger charge is -2.23. The molecular formula is C15H21ClNO4+. The summed E-state index contributed by atoms with van der Waals surface area (Å²) in [6, 6.07) is 4.99. The van der Waals surface area contributed by atoms with Gasteiger partial charge in [-0.05, 0) is 18.2 Å². The number of aldehydes is 1. The first-order chi connectivity index (χ1) is 10.3. The van der Waals surface area contributed by atoms with Crippen LogP contribution in [0.4, 0.5) is 0 Å². The van der Waals surface area contributed by atoms with Gasteiger partial charge in [0, 0.05) is 5.02 Å². The number of ether oxygens (including phenoxy) is 3. The smallest absolute Gasteiger partial charge is 0.153 e. The Morgan fingerprint density at radius 2 is 2.05 bits per heavy atom. The third kappa shape index (κ3) is 5.63. The summed E-state index contributed by atoms with van der Waals surface area (Å²) in [6.07, 6.45) is 0.740. The molecule has 0 spiro atoms. The third-order valence-corrected chi connectivity index (χ3v) is 3.62. The Balaban J connectivity index is 1.60. The fourth-order valence-corrected chi connectivity index (χ4v) is 2.36. The molecule has 0 aliphatic carbocycles. The van der Waals surface area contributed by atoms with Crippen molar-refractivity contribution in [3.05, 3.63) is 28.8 Å². The molecule has 116 valence electrons. The highest BCUT2D eigenvalue weighted by atomic mass is 35.5. The number of hydrogen-bond donors (Lipinski definition) is 1. The van der Waals surface area contributed by atoms with Crippen LogP contribution in [0, 0.1) is 0 Å². The summed E-state index contributed by atoms with van der Waals surface area (Å²) in [6.45, 7) is 6.39. The van der Waals surface area contributed by atoms with Gasteiger partial charge in [-0.1, -0.05) is 11.6 Å². The summed E-state index contributed by atoms with van der Waals surface area (Å²) in [4.78, 5) is 12.4. The normalized spacial score (nSPS) is 15.9. The molecule has 21 heavy (non-hydrogen) atoms. The zero-order chi connectivity index (χ0) is 14.9. The Kier molecular flexibility index (Phi) is 6.95. The molecule has 0 amide bonds. The first-order valence-corrected chi connectivity index (χ1v) is 7.54. The van der Waals surface area contributed by atoms with Crippen LogP contribution in [0.1, 0.15) is 10.4 Å². The molecule has 0 radical (unpaired) electrons. The van der Waals surface area contributed by atoms with Gasteiger partial charge >= 0.3 is 0 Å². The summed E-state index contributed by atoms with van der Waals surface area (Å²) in [5.74, 6) is 0.539. The lowest BCUT2D eigenvalue weighted by atomic mass is 10.2. The molecule has 0 atom stereocenters. The zero-order valence-electron chi connectivity index (χ0n) is 12.0. The van der Waals surface area contributed by atoms with Crippen molar-refractivity contribution >= 4 is 17.9 Å². The first-order valence-electron chi connectivity index (χ1n) is 7.16. The Morgan fingerprint density at radius 3 is 2.81 bits per heavy atom. The Labute approximate surface area is 129 Å². The number of nitrogens with one attached hydrogen (secondary N) is 1. The van der Waals surface area contributed by atoms with Gasteiger partial charge in [-0.2, -0.15) is 0 Å². The second-order valence-electron chi connectivity index (χ2n) is 4.87. The van der Waals surface area contributed by atoms with Crippen molar-refractivity contribution in [2.24, 2.45) is 0 Å². The number of rotatable bonds is 8. The summed E-state index contributed by atoms with van der Waals surface area (Å²) in [7, 11) is 0. The average Bonchev–Trinajstić information content (AvgIpc) is 2.52. The molecule has 6 heteroatoms. The second kappa shape index (κ2) is 9.00. The number of benzene rings is 1. The molecular weight excluding hydrogens is 294 g/mol. The van der Waals surface area contributed by atoms with E-state index in [0.717, 1.165) is 39.1 Å². The van der Waals surface area contributed by atoms with E-state index in [1.165, 1.54) is 4.90 Å². The Bertz CT molecular complexity index is 449. The first kappa shape index (κ1) is 16.2. The van der Waals surface area contributed by atoms with Gasteiger partial charge in [0.05, 0.1) is 32.0 Å². The lowest BCUT2D eigenvalue weighted by molar-refractivity contribution is -0.908. The van der Waals surface area contributed by atoms with E-state index in [1.807, 2.05) is 0 Å². The maximum atomic E-state index is 10.9. The van der Waals surface area contributed by atoms with Crippen molar-refractivity contribution in [2.75, 3.05) is 52.7 Å². The highest BCUT2D eigenvalue weighted by Gasteiger charge is 2.12. The number of halogens is 1. The van der Waals surface area contributed by atoms with E-state index in [1.54, 1.807) is 18.2 Å². The van der Waals surface area contributed by atoms with Crippen molar-refractivity contribution < 1.29 is 23.9 Å². The molecule has 1 aromatic rings. The molecule has 0 bridgehead atoms. The average molecular weight is 315 g/mol. The topological polar surface area (TPSA) is 49.2 Å². The minimum Gasteiger partial charge on any atom is -0.490 e. The molecule has 1 aliphatic rings. The van der Waals surface area contributed by atoms with E-state index in [-0.39, 0.29) is 0 Å². The van der Waals surface area contributed by atoms with Gasteiger partial charge < -0.3 is 19.1 Å². The minimum absolute atomic E-state index is 0.418. The summed E-state index contributed by atoms with van der Waals surface area (Å²) >= 11 is 5.82. The molecule has 1 N–H and O–H groups in total. The highest BCUT2D eigenvalue weighted by Crippen LogP contribution is 2.21. The van der Waals surface area contributed by atoms with Crippen LogP contribution in [0.3, 0.4) is 0 Å². The minimum atomic E-state index is 0.418. The number of quaternary nitrogens is 1. The SMILES string of the molecule is O=Cc1cc(Cl)ccc1OCCOCC[NH+]1CCOCC1. The van der Waals surface area contributed by atoms with Crippen LogP contribution < -0.4 is 9.64 Å². The quantitative estimate of drug-likeness (QED) is 0.559. The van der Waals surface area contributed by atoms with Crippen LogP contribution in [-0.4, -0.2) is 59.0 Å². The molecule has 0 aromatic heterocycles. The van der Waals surface area contributed by atoms with Crippen LogP contribution in [0.5, 0.6) is 5.75 Å². The fourth-order valence-electron chi connectivity index (χ4n) is 2.18. The highest BCUT2D eigenvalue weighted by molar-refractivity contribution is 6.30. The van der Waals surface area contributed by atoms with Crippen molar-refractivity contribution in [1.29, 1.82) is 0 Å². The summed E-state index contributed by atoms with van der Waals surface area (Å²) in [5, 5.41) is 0.522. The monoisotopic (exact) mass is 314 g/mol. The molecule has 5 nitrogen and oxygen atoms in total. The van der Waals surface area contributed by atoms with Crippen molar-refractivity contribution in [3.8, 4) is 5.75 Å². The molecule has 1 aliphatic heterocycles. The summed E-state index contributed by atoms with van der Waals surface area (Å²) < 4.78 is 16.4. The van der Waals surface area contributed by atoms with Gasteiger partial charge in [0.1, 0.15) is 32.0 Å². The molecule has 1 heterocycles. The maximum Gasteiger partial charge on any atom is 0.153 e. The number of morpholine rings is 1. The van der Waals surface area contributed by atoms with Crippen LogP contribution in [0.15, 0.2) is 18.2 Å². The van der Waals surface area contributed by atoms with Gasteiger partial charge in [0.2, 0.25) is 0 Å². The van der Waals surface area contributed by atoms with Crippen LogP contribution in [0.25, 0.3) is 0 Å². The van der Waals surface area contributed by atoms with Crippen LogP contribution in [-0.2, 0) is 9.47 Å². The van der Waals surface area contributed by atoms with Crippen molar-refractivity contribution in [3.63, 3.8) is 0 Å². The molecule has 1 saturated heterocycles. The zero-order valence-corrected chi connectivity index (χ0v) is 12.7. The number of hydrogen-bond acceptors (Lipinski definition) is 4. The van der Waals surface area contributed by atoms with Gasteiger partial charge in [-0.3, -0.25) is 4.79 Å². The van der Waals surface area contributed by atoms with E-state index in [2.05, 4.69) is 0 Å². The molecule has 1 fully saturated rings. The maximum absolute atomic E-state index is 10.9. The van der Waals surface area contributed by atoms with Crippen molar-refractivity contribution in [2.45, 2.75) is 0 Å². The van der Waals surface area contributed by atoms with E-state index in [4.69, 9.17) is 25.8 Å². The van der Waals surface area contributed by atoms with Crippen LogP contribution in [0.2, 0.25) is 5.02 Å². The van der Waals surface area contributed by atoms with Gasteiger partial charge in [0.25, 0.3) is 0 Å². The third-order valence-electron chi connectivity index (χ3n) is 3.38. The van der Waals surface area contributed by atoms with Gasteiger partial charge in [0.15, 0.2) is 6.29 Å². The Morgan fingerprint density at radius 1 is 1.24 bits per heavy atom. The van der Waals surface area contributed by atoms with Crippen molar-refractivity contribution in [1.82, 2.24) is 0 Å². The lowest BCUT2D eigenvalue weighted by Crippen LogP contribution is -3.14. The summed E-state index contributed by atoms with van der Waals surface area (Å²) in [5.41, 5.74) is 0.459. The van der Waals surface area contributed by atoms with E-state index in [0.29, 0.717) is 36.2 Å². The molecule has 0 saturated carbocycles.